The van der Waals surface area contributed by atoms with Crippen LogP contribution in [-0.2, 0) is 4.79 Å². The van der Waals surface area contributed by atoms with Gasteiger partial charge in [0.1, 0.15) is 0 Å². The molecular formula is C16H21BrN2O. The number of nitrogens with one attached hydrogen (secondary N) is 2. The molecule has 2 aliphatic rings. The Kier molecular flexibility index (Phi) is 4.13. The van der Waals surface area contributed by atoms with Crippen molar-refractivity contribution in [3.05, 3.63) is 34.3 Å². The number of hydrogen-bond donors (Lipinski definition) is 2. The smallest absolute Gasteiger partial charge is 0.237 e. The molecule has 1 unspecified atom stereocenters. The Morgan fingerprint density at radius 1 is 1.30 bits per heavy atom. The Morgan fingerprint density at radius 2 is 2.05 bits per heavy atom. The summed E-state index contributed by atoms with van der Waals surface area (Å²) in [5.41, 5.74) is 1.40. The van der Waals surface area contributed by atoms with Crippen LogP contribution in [0.5, 0.6) is 0 Å². The average molecular weight is 337 g/mol. The van der Waals surface area contributed by atoms with Crippen LogP contribution in [0.25, 0.3) is 0 Å². The lowest BCUT2D eigenvalue weighted by molar-refractivity contribution is -0.123. The summed E-state index contributed by atoms with van der Waals surface area (Å²) < 4.78 is 1.14. The SMILES string of the molecule is CC(NC1CC(c2cccc(Br)c2)C1)C(=O)NC1CC1. The highest BCUT2D eigenvalue weighted by Gasteiger charge is 2.33. The summed E-state index contributed by atoms with van der Waals surface area (Å²) in [6.07, 6.45) is 4.54. The minimum Gasteiger partial charge on any atom is -0.352 e. The fourth-order valence-corrected chi connectivity index (χ4v) is 3.19. The third-order valence-corrected chi connectivity index (χ3v) is 4.75. The van der Waals surface area contributed by atoms with E-state index in [2.05, 4.69) is 50.8 Å². The van der Waals surface area contributed by atoms with Crippen molar-refractivity contribution in [1.82, 2.24) is 10.6 Å². The van der Waals surface area contributed by atoms with Gasteiger partial charge in [0.25, 0.3) is 0 Å². The van der Waals surface area contributed by atoms with Crippen LogP contribution < -0.4 is 10.6 Å². The van der Waals surface area contributed by atoms with Gasteiger partial charge < -0.3 is 10.6 Å². The van der Waals surface area contributed by atoms with Gasteiger partial charge in [-0.05, 0) is 56.2 Å². The minimum atomic E-state index is -0.0796. The summed E-state index contributed by atoms with van der Waals surface area (Å²) in [5.74, 6) is 0.780. The first-order chi connectivity index (χ1) is 9.61. The van der Waals surface area contributed by atoms with E-state index in [0.717, 1.165) is 30.2 Å². The van der Waals surface area contributed by atoms with Crippen molar-refractivity contribution in [3.8, 4) is 0 Å². The molecule has 20 heavy (non-hydrogen) atoms. The lowest BCUT2D eigenvalue weighted by atomic mass is 9.75. The zero-order valence-corrected chi connectivity index (χ0v) is 13.3. The minimum absolute atomic E-state index is 0.0796. The van der Waals surface area contributed by atoms with Gasteiger partial charge in [-0.1, -0.05) is 28.1 Å². The normalized spacial score (nSPS) is 26.7. The van der Waals surface area contributed by atoms with Crippen molar-refractivity contribution >= 4 is 21.8 Å². The second-order valence-electron chi connectivity index (χ2n) is 6.09. The van der Waals surface area contributed by atoms with Gasteiger partial charge in [0.15, 0.2) is 0 Å². The molecule has 2 saturated carbocycles. The van der Waals surface area contributed by atoms with Crippen LogP contribution in [-0.4, -0.2) is 24.0 Å². The van der Waals surface area contributed by atoms with E-state index in [1.54, 1.807) is 0 Å². The van der Waals surface area contributed by atoms with E-state index in [9.17, 15) is 4.79 Å². The highest BCUT2D eigenvalue weighted by Crippen LogP contribution is 2.37. The molecule has 3 rings (SSSR count). The van der Waals surface area contributed by atoms with Crippen molar-refractivity contribution in [3.63, 3.8) is 0 Å². The monoisotopic (exact) mass is 336 g/mol. The van der Waals surface area contributed by atoms with E-state index in [-0.39, 0.29) is 11.9 Å². The standard InChI is InChI=1S/C16H21BrN2O/c1-10(16(20)19-14-5-6-14)18-15-8-12(9-15)11-3-2-4-13(17)7-11/h2-4,7,10,12,14-15,18H,5-6,8-9H2,1H3,(H,19,20). The van der Waals surface area contributed by atoms with Crippen LogP contribution in [0.2, 0.25) is 0 Å². The summed E-state index contributed by atoms with van der Waals surface area (Å²) >= 11 is 3.52. The molecule has 0 saturated heterocycles. The Labute approximate surface area is 128 Å². The first-order valence-electron chi connectivity index (χ1n) is 7.43. The van der Waals surface area contributed by atoms with Gasteiger partial charge in [0.05, 0.1) is 6.04 Å². The fourth-order valence-electron chi connectivity index (χ4n) is 2.77. The number of benzene rings is 1. The van der Waals surface area contributed by atoms with Gasteiger partial charge in [-0.15, -0.1) is 0 Å². The van der Waals surface area contributed by atoms with Crippen molar-refractivity contribution in [2.24, 2.45) is 0 Å². The largest absolute Gasteiger partial charge is 0.352 e. The lowest BCUT2D eigenvalue weighted by Crippen LogP contribution is -2.51. The van der Waals surface area contributed by atoms with E-state index in [1.165, 1.54) is 5.56 Å². The molecule has 2 fully saturated rings. The molecule has 1 amide bonds. The number of rotatable bonds is 5. The second kappa shape index (κ2) is 5.86. The Bertz CT molecular complexity index is 495. The Balaban J connectivity index is 1.44. The topological polar surface area (TPSA) is 41.1 Å². The molecule has 0 spiro atoms. The maximum absolute atomic E-state index is 11.9. The van der Waals surface area contributed by atoms with E-state index in [1.807, 2.05) is 6.92 Å². The van der Waals surface area contributed by atoms with E-state index < -0.39 is 0 Å². The zero-order valence-electron chi connectivity index (χ0n) is 11.7. The molecule has 1 atom stereocenters. The Hall–Kier alpha value is -0.870. The fraction of sp³-hybridized carbons (Fsp3) is 0.562. The van der Waals surface area contributed by atoms with E-state index >= 15 is 0 Å². The molecule has 4 heteroatoms. The van der Waals surface area contributed by atoms with Gasteiger partial charge in [-0.25, -0.2) is 0 Å². The maximum Gasteiger partial charge on any atom is 0.237 e. The molecule has 2 N–H and O–H groups in total. The van der Waals surface area contributed by atoms with Crippen LogP contribution in [0.4, 0.5) is 0 Å². The van der Waals surface area contributed by atoms with E-state index in [4.69, 9.17) is 0 Å². The lowest BCUT2D eigenvalue weighted by Gasteiger charge is -2.38. The molecule has 0 radical (unpaired) electrons. The molecule has 108 valence electrons. The van der Waals surface area contributed by atoms with Gasteiger partial charge in [0, 0.05) is 16.6 Å². The zero-order chi connectivity index (χ0) is 14.1. The molecular weight excluding hydrogens is 316 g/mol. The predicted octanol–water partition coefficient (Wildman–Crippen LogP) is 2.95. The van der Waals surface area contributed by atoms with Crippen molar-refractivity contribution in [2.45, 2.75) is 56.7 Å². The Morgan fingerprint density at radius 3 is 2.70 bits per heavy atom. The molecule has 2 aliphatic carbocycles. The summed E-state index contributed by atoms with van der Waals surface area (Å²) in [6, 6.07) is 9.37. The number of halogens is 1. The van der Waals surface area contributed by atoms with Crippen LogP contribution >= 0.6 is 15.9 Å². The summed E-state index contributed by atoms with van der Waals surface area (Å²) in [5, 5.41) is 6.49. The van der Waals surface area contributed by atoms with Gasteiger partial charge in [-0.3, -0.25) is 4.79 Å². The third-order valence-electron chi connectivity index (χ3n) is 4.26. The summed E-state index contributed by atoms with van der Waals surface area (Å²) in [7, 11) is 0. The van der Waals surface area contributed by atoms with Crippen LogP contribution in [0.15, 0.2) is 28.7 Å². The predicted molar refractivity (Wildman–Crippen MR) is 83.7 cm³/mol. The number of carbonyl (C=O) groups excluding carboxylic acids is 1. The maximum atomic E-state index is 11.9. The molecule has 0 heterocycles. The number of carbonyl (C=O) groups is 1. The van der Waals surface area contributed by atoms with Crippen molar-refractivity contribution in [1.29, 1.82) is 0 Å². The van der Waals surface area contributed by atoms with Gasteiger partial charge >= 0.3 is 0 Å². The van der Waals surface area contributed by atoms with Crippen LogP contribution in [0.3, 0.4) is 0 Å². The average Bonchev–Trinajstić information content (AvgIpc) is 3.16. The molecule has 1 aromatic rings. The van der Waals surface area contributed by atoms with Crippen molar-refractivity contribution in [2.75, 3.05) is 0 Å². The van der Waals surface area contributed by atoms with Crippen LogP contribution in [0.1, 0.15) is 44.1 Å². The van der Waals surface area contributed by atoms with E-state index in [0.29, 0.717) is 18.0 Å². The summed E-state index contributed by atoms with van der Waals surface area (Å²) in [4.78, 5) is 11.9. The third kappa shape index (κ3) is 3.41. The summed E-state index contributed by atoms with van der Waals surface area (Å²) in [6.45, 7) is 1.96. The quantitative estimate of drug-likeness (QED) is 0.867. The van der Waals surface area contributed by atoms with Crippen LogP contribution in [0, 0.1) is 0 Å². The highest BCUT2D eigenvalue weighted by atomic mass is 79.9. The first-order valence-corrected chi connectivity index (χ1v) is 8.23. The molecule has 3 nitrogen and oxygen atoms in total. The molecule has 0 aliphatic heterocycles. The molecule has 0 bridgehead atoms. The number of hydrogen-bond acceptors (Lipinski definition) is 2. The first kappa shape index (κ1) is 14.1. The van der Waals surface area contributed by atoms with Gasteiger partial charge in [-0.2, -0.15) is 0 Å². The number of amides is 1. The van der Waals surface area contributed by atoms with Crippen molar-refractivity contribution < 1.29 is 4.79 Å². The molecule has 1 aromatic carbocycles. The molecule has 0 aromatic heterocycles. The highest BCUT2D eigenvalue weighted by molar-refractivity contribution is 9.10. The van der Waals surface area contributed by atoms with Gasteiger partial charge in [0.2, 0.25) is 5.91 Å². The second-order valence-corrected chi connectivity index (χ2v) is 7.01.